The van der Waals surface area contributed by atoms with Gasteiger partial charge in [-0.2, -0.15) is 0 Å². The minimum absolute atomic E-state index is 0.0378. The lowest BCUT2D eigenvalue weighted by atomic mass is 9.90. The zero-order valence-corrected chi connectivity index (χ0v) is 11.5. The Bertz CT molecular complexity index is 313. The number of nitrogens with one attached hydrogen (secondary N) is 1. The largest absolute Gasteiger partial charge is 0.444 e. The van der Waals surface area contributed by atoms with Gasteiger partial charge in [-0.15, -0.1) is 0 Å². The molecule has 0 bridgehead atoms. The third-order valence-electron chi connectivity index (χ3n) is 2.82. The molecule has 0 aromatic rings. The number of halogens is 2. The molecule has 7 heteroatoms. The van der Waals surface area contributed by atoms with E-state index in [1.54, 1.807) is 20.8 Å². The van der Waals surface area contributed by atoms with Crippen LogP contribution in [0.4, 0.5) is 13.6 Å². The minimum Gasteiger partial charge on any atom is -0.444 e. The van der Waals surface area contributed by atoms with Gasteiger partial charge in [-0.05, 0) is 33.6 Å². The lowest BCUT2D eigenvalue weighted by Crippen LogP contribution is -2.54. The van der Waals surface area contributed by atoms with Gasteiger partial charge in [0.1, 0.15) is 5.60 Å². The smallest absolute Gasteiger partial charge is 0.408 e. The number of ether oxygens (including phenoxy) is 2. The molecule has 0 aromatic carbocycles. The van der Waals surface area contributed by atoms with Crippen LogP contribution in [0, 0.1) is 0 Å². The van der Waals surface area contributed by atoms with Crippen molar-refractivity contribution in [3.05, 3.63) is 0 Å². The van der Waals surface area contributed by atoms with Crippen LogP contribution < -0.4 is 11.1 Å². The summed E-state index contributed by atoms with van der Waals surface area (Å²) in [6.07, 6.45) is -2.85. The van der Waals surface area contributed by atoms with Gasteiger partial charge in [0, 0.05) is 6.61 Å². The Kier molecular flexibility index (Phi) is 5.09. The molecule has 19 heavy (non-hydrogen) atoms. The van der Waals surface area contributed by atoms with Crippen molar-refractivity contribution < 1.29 is 23.0 Å². The van der Waals surface area contributed by atoms with Crippen molar-refractivity contribution >= 4 is 6.09 Å². The molecule has 3 N–H and O–H groups in total. The van der Waals surface area contributed by atoms with Gasteiger partial charge in [0.15, 0.2) is 0 Å². The van der Waals surface area contributed by atoms with Crippen LogP contribution in [-0.4, -0.2) is 42.9 Å². The van der Waals surface area contributed by atoms with Crippen molar-refractivity contribution in [1.29, 1.82) is 0 Å². The van der Waals surface area contributed by atoms with Gasteiger partial charge in [-0.1, -0.05) is 0 Å². The second kappa shape index (κ2) is 6.00. The van der Waals surface area contributed by atoms with E-state index in [0.717, 1.165) is 0 Å². The van der Waals surface area contributed by atoms with E-state index in [1.807, 2.05) is 0 Å². The van der Waals surface area contributed by atoms with E-state index < -0.39 is 29.7 Å². The van der Waals surface area contributed by atoms with E-state index >= 15 is 0 Å². The van der Waals surface area contributed by atoms with Gasteiger partial charge < -0.3 is 20.5 Å². The van der Waals surface area contributed by atoms with Crippen molar-refractivity contribution in [3.8, 4) is 0 Å². The van der Waals surface area contributed by atoms with Crippen LogP contribution >= 0.6 is 0 Å². The predicted octanol–water partition coefficient (Wildman–Crippen LogP) is 1.65. The highest BCUT2D eigenvalue weighted by molar-refractivity contribution is 5.69. The monoisotopic (exact) mass is 280 g/mol. The summed E-state index contributed by atoms with van der Waals surface area (Å²) in [5.74, 6) is 0. The van der Waals surface area contributed by atoms with Crippen molar-refractivity contribution in [2.45, 2.75) is 57.2 Å². The van der Waals surface area contributed by atoms with Crippen molar-refractivity contribution in [1.82, 2.24) is 5.32 Å². The topological polar surface area (TPSA) is 73.6 Å². The van der Waals surface area contributed by atoms with Crippen LogP contribution in [0.5, 0.6) is 0 Å². The molecule has 5 nitrogen and oxygen atoms in total. The third-order valence-corrected chi connectivity index (χ3v) is 2.82. The molecular weight excluding hydrogens is 258 g/mol. The molecule has 2 atom stereocenters. The normalized spacial score (nSPS) is 25.4. The Balaban J connectivity index is 2.64. The summed E-state index contributed by atoms with van der Waals surface area (Å²) < 4.78 is 35.4. The van der Waals surface area contributed by atoms with Gasteiger partial charge in [-0.3, -0.25) is 0 Å². The van der Waals surface area contributed by atoms with Gasteiger partial charge in [0.2, 0.25) is 0 Å². The molecule has 0 aliphatic carbocycles. The molecule has 1 heterocycles. The second-order valence-corrected chi connectivity index (χ2v) is 5.91. The first-order valence-electron chi connectivity index (χ1n) is 6.26. The summed E-state index contributed by atoms with van der Waals surface area (Å²) in [7, 11) is 0. The maximum atomic E-state index is 12.6. The highest BCUT2D eigenvalue weighted by Gasteiger charge is 2.40. The zero-order chi connectivity index (χ0) is 14.7. The average molecular weight is 280 g/mol. The van der Waals surface area contributed by atoms with Crippen LogP contribution in [0.25, 0.3) is 0 Å². The zero-order valence-electron chi connectivity index (χ0n) is 11.5. The molecule has 0 spiro atoms. The number of alkyl halides is 2. The first-order valence-corrected chi connectivity index (χ1v) is 6.26. The summed E-state index contributed by atoms with van der Waals surface area (Å²) >= 11 is 0. The molecule has 0 aromatic heterocycles. The number of amides is 1. The fraction of sp³-hybridized carbons (Fsp3) is 0.917. The molecule has 2 unspecified atom stereocenters. The van der Waals surface area contributed by atoms with Gasteiger partial charge in [0.25, 0.3) is 6.43 Å². The standard InChI is InChI=1S/C12H22F2N2O3/c1-11(2,3)19-10(17)16-12(4-5-18-7-12)6-8(15)9(13)14/h8-9H,4-7,15H2,1-3H3,(H,16,17). The number of hydrogen-bond donors (Lipinski definition) is 2. The molecule has 0 saturated carbocycles. The van der Waals surface area contributed by atoms with E-state index in [1.165, 1.54) is 0 Å². The lowest BCUT2D eigenvalue weighted by molar-refractivity contribution is 0.0384. The Morgan fingerprint density at radius 2 is 2.16 bits per heavy atom. The number of nitrogens with two attached hydrogens (primary N) is 1. The van der Waals surface area contributed by atoms with Crippen LogP contribution in [-0.2, 0) is 9.47 Å². The fourth-order valence-electron chi connectivity index (χ4n) is 1.98. The van der Waals surface area contributed by atoms with Crippen LogP contribution in [0.1, 0.15) is 33.6 Å². The third kappa shape index (κ3) is 5.28. The molecule has 1 rings (SSSR count). The van der Waals surface area contributed by atoms with Crippen LogP contribution in [0.15, 0.2) is 0 Å². The number of rotatable bonds is 4. The average Bonchev–Trinajstić information content (AvgIpc) is 2.62. The van der Waals surface area contributed by atoms with E-state index in [0.29, 0.717) is 13.0 Å². The molecule has 1 aliphatic rings. The van der Waals surface area contributed by atoms with E-state index in [2.05, 4.69) is 5.32 Å². The van der Waals surface area contributed by atoms with Crippen LogP contribution in [0.3, 0.4) is 0 Å². The summed E-state index contributed by atoms with van der Waals surface area (Å²) in [5, 5.41) is 2.64. The van der Waals surface area contributed by atoms with E-state index in [4.69, 9.17) is 15.2 Å². The molecule has 1 fully saturated rings. The highest BCUT2D eigenvalue weighted by Crippen LogP contribution is 2.26. The first-order chi connectivity index (χ1) is 8.64. The molecule has 1 amide bonds. The number of alkyl carbamates (subject to hydrolysis) is 1. The first kappa shape index (κ1) is 16.1. The molecule has 1 aliphatic heterocycles. The fourth-order valence-corrected chi connectivity index (χ4v) is 1.98. The van der Waals surface area contributed by atoms with Crippen molar-refractivity contribution in [3.63, 3.8) is 0 Å². The van der Waals surface area contributed by atoms with Gasteiger partial charge in [-0.25, -0.2) is 13.6 Å². The molecular formula is C12H22F2N2O3. The van der Waals surface area contributed by atoms with Gasteiger partial charge in [0.05, 0.1) is 18.2 Å². The van der Waals surface area contributed by atoms with Crippen molar-refractivity contribution in [2.75, 3.05) is 13.2 Å². The Hall–Kier alpha value is -0.950. The SMILES string of the molecule is CC(C)(C)OC(=O)NC1(CC(N)C(F)F)CCOC1. The van der Waals surface area contributed by atoms with E-state index in [-0.39, 0.29) is 13.0 Å². The maximum Gasteiger partial charge on any atom is 0.408 e. The molecule has 1 saturated heterocycles. The summed E-state index contributed by atoms with van der Waals surface area (Å²) in [6.45, 7) is 5.78. The summed E-state index contributed by atoms with van der Waals surface area (Å²) in [6, 6.07) is -1.29. The molecule has 0 radical (unpaired) electrons. The minimum atomic E-state index is -2.63. The number of hydrogen-bond acceptors (Lipinski definition) is 4. The predicted molar refractivity (Wildman–Crippen MR) is 66.1 cm³/mol. The summed E-state index contributed by atoms with van der Waals surface area (Å²) in [4.78, 5) is 11.8. The van der Waals surface area contributed by atoms with E-state index in [9.17, 15) is 13.6 Å². The van der Waals surface area contributed by atoms with Crippen molar-refractivity contribution in [2.24, 2.45) is 5.73 Å². The lowest BCUT2D eigenvalue weighted by Gasteiger charge is -2.32. The maximum absolute atomic E-state index is 12.6. The Morgan fingerprint density at radius 1 is 1.53 bits per heavy atom. The Labute approximate surface area is 111 Å². The second-order valence-electron chi connectivity index (χ2n) is 5.91. The number of carbonyl (C=O) groups is 1. The van der Waals surface area contributed by atoms with Crippen LogP contribution in [0.2, 0.25) is 0 Å². The molecule has 112 valence electrons. The number of carbonyl (C=O) groups excluding carboxylic acids is 1. The highest BCUT2D eigenvalue weighted by atomic mass is 19.3. The van der Waals surface area contributed by atoms with Gasteiger partial charge >= 0.3 is 6.09 Å². The Morgan fingerprint density at radius 3 is 2.58 bits per heavy atom. The summed E-state index contributed by atoms with van der Waals surface area (Å²) in [5.41, 5.74) is 3.88. The quantitative estimate of drug-likeness (QED) is 0.821.